The molecule has 3 fully saturated rings. The first-order chi connectivity index (χ1) is 14.1. The third-order valence-electron chi connectivity index (χ3n) is 7.55. The fraction of sp³-hybridized carbons (Fsp3) is 0.522. The minimum absolute atomic E-state index is 0.00325. The molecular weight excluding hydrogens is 388 g/mol. The van der Waals surface area contributed by atoms with E-state index in [0.29, 0.717) is 31.0 Å². The lowest BCUT2D eigenvalue weighted by atomic mass is 9.64. The summed E-state index contributed by atoms with van der Waals surface area (Å²) in [6, 6.07) is 3.54. The topological polar surface area (TPSA) is 77.2 Å². The average Bonchev–Trinajstić information content (AvgIpc) is 3.04. The van der Waals surface area contributed by atoms with Crippen molar-refractivity contribution in [2.24, 2.45) is 16.7 Å². The molecule has 2 aliphatic carbocycles. The van der Waals surface area contributed by atoms with Crippen molar-refractivity contribution in [1.29, 1.82) is 10.8 Å². The molecular formula is C23H27F2N3O2. The largest absolute Gasteiger partial charge is 0.374 e. The molecule has 30 heavy (non-hydrogen) atoms. The van der Waals surface area contributed by atoms with Gasteiger partial charge in [-0.15, -0.1) is 0 Å². The van der Waals surface area contributed by atoms with Gasteiger partial charge in [-0.05, 0) is 48.0 Å². The number of morpholine rings is 1. The summed E-state index contributed by atoms with van der Waals surface area (Å²) in [7, 11) is 0. The SMILES string of the molecule is CC(=O)N1CCO[C@@H]([C@@]23CC[C@@H](/C(=C/C(=N)c4c(F)cccc4F)C2=N)C3(C)C)C1. The number of benzene rings is 1. The Labute approximate surface area is 175 Å². The molecule has 160 valence electrons. The molecule has 2 N–H and O–H groups in total. The standard InChI is InChI=1S/C23H27F2N3O2/c1-13(29)28-9-10-30-19(12-28)23-8-7-15(22(23,2)3)14(21(23)27)11-18(26)20-16(24)5-4-6-17(20)25/h4-6,11,15,19,26-27H,7-10,12H2,1-3H3/b14-11-,26-18?,27-21?/t15-,19+,23-/m0/s1. The monoisotopic (exact) mass is 415 g/mol. The Morgan fingerprint density at radius 2 is 1.97 bits per heavy atom. The van der Waals surface area contributed by atoms with Crippen LogP contribution < -0.4 is 0 Å². The van der Waals surface area contributed by atoms with Crippen LogP contribution in [0, 0.1) is 39.2 Å². The molecule has 1 saturated heterocycles. The summed E-state index contributed by atoms with van der Waals surface area (Å²) in [5.74, 6) is -1.58. The van der Waals surface area contributed by atoms with Crippen molar-refractivity contribution in [3.63, 3.8) is 0 Å². The van der Waals surface area contributed by atoms with Crippen LogP contribution in [0.3, 0.4) is 0 Å². The van der Waals surface area contributed by atoms with Gasteiger partial charge in [-0.25, -0.2) is 8.78 Å². The fourth-order valence-corrected chi connectivity index (χ4v) is 5.92. The van der Waals surface area contributed by atoms with Gasteiger partial charge >= 0.3 is 0 Å². The van der Waals surface area contributed by atoms with Gasteiger partial charge in [0.2, 0.25) is 5.91 Å². The number of allylic oxidation sites excluding steroid dienone is 2. The number of nitrogens with one attached hydrogen (secondary N) is 2. The van der Waals surface area contributed by atoms with Gasteiger partial charge in [0, 0.05) is 31.1 Å². The molecule has 0 unspecified atom stereocenters. The highest BCUT2D eigenvalue weighted by Crippen LogP contribution is 2.68. The molecule has 4 rings (SSSR count). The Balaban J connectivity index is 1.72. The Hall–Kier alpha value is -2.41. The number of fused-ring (bicyclic) bond motifs is 2. The lowest BCUT2D eigenvalue weighted by Crippen LogP contribution is -2.56. The quantitative estimate of drug-likeness (QED) is 0.733. The predicted octanol–water partition coefficient (Wildman–Crippen LogP) is 3.96. The molecule has 1 aromatic rings. The van der Waals surface area contributed by atoms with Crippen molar-refractivity contribution >= 4 is 17.3 Å². The lowest BCUT2D eigenvalue weighted by Gasteiger charge is -2.47. The van der Waals surface area contributed by atoms with Crippen molar-refractivity contribution in [3.05, 3.63) is 47.0 Å². The zero-order valence-electron chi connectivity index (χ0n) is 17.5. The molecule has 3 aliphatic rings. The number of hydrogen-bond acceptors (Lipinski definition) is 4. The molecule has 1 aromatic carbocycles. The molecule has 0 spiro atoms. The van der Waals surface area contributed by atoms with Gasteiger partial charge in [-0.1, -0.05) is 19.9 Å². The Kier molecular flexibility index (Phi) is 4.92. The van der Waals surface area contributed by atoms with E-state index >= 15 is 0 Å². The molecule has 2 saturated carbocycles. The summed E-state index contributed by atoms with van der Waals surface area (Å²) >= 11 is 0. The summed E-state index contributed by atoms with van der Waals surface area (Å²) in [6.45, 7) is 7.14. The van der Waals surface area contributed by atoms with E-state index in [0.717, 1.165) is 25.0 Å². The van der Waals surface area contributed by atoms with E-state index in [-0.39, 0.29) is 34.6 Å². The molecule has 0 aromatic heterocycles. The summed E-state index contributed by atoms with van der Waals surface area (Å²) in [5.41, 5.74) is -0.522. The third kappa shape index (κ3) is 2.78. The van der Waals surface area contributed by atoms with Gasteiger partial charge in [-0.2, -0.15) is 0 Å². The van der Waals surface area contributed by atoms with Crippen molar-refractivity contribution in [2.75, 3.05) is 19.7 Å². The molecule has 7 heteroatoms. The fourth-order valence-electron chi connectivity index (χ4n) is 5.92. The van der Waals surface area contributed by atoms with Crippen LogP contribution in [0.2, 0.25) is 0 Å². The number of nitrogens with zero attached hydrogens (tertiary/aromatic N) is 1. The Morgan fingerprint density at radius 3 is 2.60 bits per heavy atom. The maximum absolute atomic E-state index is 14.2. The first kappa shape index (κ1) is 20.8. The zero-order chi connectivity index (χ0) is 21.8. The van der Waals surface area contributed by atoms with Crippen molar-refractivity contribution in [2.45, 2.75) is 39.7 Å². The zero-order valence-corrected chi connectivity index (χ0v) is 17.5. The summed E-state index contributed by atoms with van der Waals surface area (Å²) in [4.78, 5) is 13.7. The van der Waals surface area contributed by atoms with E-state index in [1.165, 1.54) is 19.1 Å². The predicted molar refractivity (Wildman–Crippen MR) is 110 cm³/mol. The van der Waals surface area contributed by atoms with Crippen LogP contribution in [0.15, 0.2) is 29.8 Å². The van der Waals surface area contributed by atoms with Gasteiger partial charge in [-0.3, -0.25) is 4.79 Å². The highest BCUT2D eigenvalue weighted by Gasteiger charge is 2.68. The van der Waals surface area contributed by atoms with Crippen molar-refractivity contribution in [3.8, 4) is 0 Å². The maximum atomic E-state index is 14.2. The molecule has 2 bridgehead atoms. The van der Waals surface area contributed by atoms with Gasteiger partial charge in [0.05, 0.1) is 24.0 Å². The van der Waals surface area contributed by atoms with Crippen LogP contribution in [0.1, 0.15) is 39.2 Å². The highest BCUT2D eigenvalue weighted by molar-refractivity contribution is 6.15. The second kappa shape index (κ2) is 7.08. The Bertz CT molecular complexity index is 951. The number of rotatable bonds is 3. The van der Waals surface area contributed by atoms with Gasteiger partial charge in [0.25, 0.3) is 0 Å². The minimum atomic E-state index is -0.784. The number of halogens is 2. The maximum Gasteiger partial charge on any atom is 0.219 e. The van der Waals surface area contributed by atoms with Gasteiger partial charge in [0.1, 0.15) is 11.6 Å². The van der Waals surface area contributed by atoms with E-state index in [2.05, 4.69) is 13.8 Å². The van der Waals surface area contributed by atoms with Crippen LogP contribution in [0.5, 0.6) is 0 Å². The first-order valence-corrected chi connectivity index (χ1v) is 10.3. The van der Waals surface area contributed by atoms with Gasteiger partial charge < -0.3 is 20.5 Å². The van der Waals surface area contributed by atoms with E-state index < -0.39 is 17.0 Å². The van der Waals surface area contributed by atoms with Gasteiger partial charge in [0.15, 0.2) is 0 Å². The summed E-state index contributed by atoms with van der Waals surface area (Å²) in [5, 5.41) is 17.4. The number of carbonyl (C=O) groups is 1. The second-order valence-electron chi connectivity index (χ2n) is 9.09. The molecule has 1 aliphatic heterocycles. The number of ether oxygens (including phenoxy) is 1. The summed E-state index contributed by atoms with van der Waals surface area (Å²) < 4.78 is 34.5. The third-order valence-corrected chi connectivity index (χ3v) is 7.55. The highest BCUT2D eigenvalue weighted by atomic mass is 19.1. The molecule has 5 nitrogen and oxygen atoms in total. The normalized spacial score (nSPS) is 31.4. The average molecular weight is 415 g/mol. The van der Waals surface area contributed by atoms with E-state index in [9.17, 15) is 13.6 Å². The second-order valence-corrected chi connectivity index (χ2v) is 9.09. The van der Waals surface area contributed by atoms with E-state index in [1.807, 2.05) is 0 Å². The van der Waals surface area contributed by atoms with Crippen molar-refractivity contribution < 1.29 is 18.3 Å². The molecule has 1 heterocycles. The smallest absolute Gasteiger partial charge is 0.219 e. The molecule has 3 atom stereocenters. The van der Waals surface area contributed by atoms with E-state index in [4.69, 9.17) is 15.6 Å². The first-order valence-electron chi connectivity index (χ1n) is 10.3. The van der Waals surface area contributed by atoms with Crippen LogP contribution in [-0.4, -0.2) is 48.0 Å². The number of amides is 1. The van der Waals surface area contributed by atoms with Crippen LogP contribution in [-0.2, 0) is 9.53 Å². The lowest BCUT2D eigenvalue weighted by molar-refractivity contribution is -0.144. The van der Waals surface area contributed by atoms with Crippen LogP contribution >= 0.6 is 0 Å². The van der Waals surface area contributed by atoms with E-state index in [1.54, 1.807) is 4.90 Å². The molecule has 0 radical (unpaired) electrons. The molecule has 1 amide bonds. The Morgan fingerprint density at radius 1 is 1.30 bits per heavy atom. The number of carbonyl (C=O) groups excluding carboxylic acids is 1. The van der Waals surface area contributed by atoms with Crippen LogP contribution in [0.25, 0.3) is 0 Å². The number of hydrogen-bond donors (Lipinski definition) is 2. The van der Waals surface area contributed by atoms with Crippen molar-refractivity contribution in [1.82, 2.24) is 4.90 Å². The van der Waals surface area contributed by atoms with Crippen LogP contribution in [0.4, 0.5) is 8.78 Å². The summed E-state index contributed by atoms with van der Waals surface area (Å²) in [6.07, 6.45) is 2.73. The minimum Gasteiger partial charge on any atom is -0.374 e.